The van der Waals surface area contributed by atoms with Crippen LogP contribution in [-0.4, -0.2) is 35.8 Å². The van der Waals surface area contributed by atoms with Crippen LogP contribution < -0.4 is 0 Å². The van der Waals surface area contributed by atoms with Gasteiger partial charge >= 0.3 is 5.97 Å². The van der Waals surface area contributed by atoms with Gasteiger partial charge in [0, 0.05) is 17.7 Å². The molecule has 106 valence electrons. The molecule has 0 aromatic carbocycles. The number of ether oxygens (including phenoxy) is 1. The first-order valence-electron chi connectivity index (χ1n) is 6.60. The number of amides is 2. The van der Waals surface area contributed by atoms with Crippen molar-refractivity contribution in [2.24, 2.45) is 5.92 Å². The zero-order valence-corrected chi connectivity index (χ0v) is 12.0. The molecule has 1 rings (SSSR count). The number of carbonyl (C=O) groups is 3. The molecule has 5 heteroatoms. The highest BCUT2D eigenvalue weighted by molar-refractivity contribution is 6.18. The number of hydrogen-bond acceptors (Lipinski definition) is 4. The molecule has 0 aromatic rings. The van der Waals surface area contributed by atoms with Crippen LogP contribution in [0.3, 0.4) is 0 Å². The maximum atomic E-state index is 11.7. The first kappa shape index (κ1) is 15.4. The van der Waals surface area contributed by atoms with Gasteiger partial charge in [0.15, 0.2) is 0 Å². The lowest BCUT2D eigenvalue weighted by atomic mass is 10.1. The standard InChI is InChI=1S/C14H21NO4/c1-5-9(2)14(18)19-8-6-7-15-12(16)10(3)11(4)13(15)17/h9H,5-8H2,1-4H3. The summed E-state index contributed by atoms with van der Waals surface area (Å²) in [6, 6.07) is 0. The molecular weight excluding hydrogens is 246 g/mol. The molecule has 0 saturated heterocycles. The molecule has 0 aliphatic carbocycles. The Morgan fingerprint density at radius 1 is 1.21 bits per heavy atom. The number of esters is 1. The Morgan fingerprint density at radius 2 is 1.74 bits per heavy atom. The maximum absolute atomic E-state index is 11.7. The minimum Gasteiger partial charge on any atom is -0.465 e. The highest BCUT2D eigenvalue weighted by Crippen LogP contribution is 2.19. The molecule has 0 radical (unpaired) electrons. The van der Waals surface area contributed by atoms with Crippen molar-refractivity contribution >= 4 is 17.8 Å². The summed E-state index contributed by atoms with van der Waals surface area (Å²) in [5.41, 5.74) is 1.00. The topological polar surface area (TPSA) is 63.7 Å². The average molecular weight is 267 g/mol. The van der Waals surface area contributed by atoms with Gasteiger partial charge in [-0.3, -0.25) is 19.3 Å². The minimum absolute atomic E-state index is 0.110. The second-order valence-corrected chi connectivity index (χ2v) is 4.84. The Balaban J connectivity index is 2.34. The summed E-state index contributed by atoms with van der Waals surface area (Å²) < 4.78 is 5.08. The molecule has 0 bridgehead atoms. The van der Waals surface area contributed by atoms with Gasteiger partial charge in [0.1, 0.15) is 0 Å². The van der Waals surface area contributed by atoms with E-state index in [4.69, 9.17) is 4.74 Å². The second kappa shape index (κ2) is 6.50. The number of carbonyl (C=O) groups excluding carboxylic acids is 3. The molecular formula is C14H21NO4. The van der Waals surface area contributed by atoms with E-state index in [9.17, 15) is 14.4 Å². The minimum atomic E-state index is -0.240. The van der Waals surface area contributed by atoms with E-state index in [-0.39, 0.29) is 30.3 Å². The number of nitrogens with zero attached hydrogens (tertiary/aromatic N) is 1. The quantitative estimate of drug-likeness (QED) is 0.417. The van der Waals surface area contributed by atoms with Crippen LogP contribution in [0.15, 0.2) is 11.1 Å². The van der Waals surface area contributed by atoms with Crippen molar-refractivity contribution in [3.63, 3.8) is 0 Å². The zero-order valence-electron chi connectivity index (χ0n) is 12.0. The van der Waals surface area contributed by atoms with Crippen LogP contribution in [0, 0.1) is 5.92 Å². The van der Waals surface area contributed by atoms with Crippen LogP contribution in [0.5, 0.6) is 0 Å². The SMILES string of the molecule is CCC(C)C(=O)OCCCN1C(=O)C(C)=C(C)C1=O. The molecule has 5 nitrogen and oxygen atoms in total. The van der Waals surface area contributed by atoms with Crippen LogP contribution in [0.25, 0.3) is 0 Å². The highest BCUT2D eigenvalue weighted by atomic mass is 16.5. The van der Waals surface area contributed by atoms with E-state index in [1.165, 1.54) is 4.90 Å². The normalized spacial score (nSPS) is 17.2. The van der Waals surface area contributed by atoms with Gasteiger partial charge in [0.25, 0.3) is 11.8 Å². The first-order valence-corrected chi connectivity index (χ1v) is 6.60. The molecule has 1 aliphatic rings. The van der Waals surface area contributed by atoms with Crippen molar-refractivity contribution in [1.29, 1.82) is 0 Å². The molecule has 0 N–H and O–H groups in total. The van der Waals surface area contributed by atoms with Crippen LogP contribution in [0.1, 0.15) is 40.5 Å². The van der Waals surface area contributed by atoms with Crippen molar-refractivity contribution in [3.05, 3.63) is 11.1 Å². The van der Waals surface area contributed by atoms with Crippen LogP contribution in [-0.2, 0) is 19.1 Å². The average Bonchev–Trinajstić information content (AvgIpc) is 2.59. The predicted molar refractivity (Wildman–Crippen MR) is 70.1 cm³/mol. The zero-order chi connectivity index (χ0) is 14.6. The van der Waals surface area contributed by atoms with Gasteiger partial charge in [-0.2, -0.15) is 0 Å². The third-order valence-corrected chi connectivity index (χ3v) is 3.48. The lowest BCUT2D eigenvalue weighted by molar-refractivity contribution is -0.148. The predicted octanol–water partition coefficient (Wildman–Crippen LogP) is 1.67. The van der Waals surface area contributed by atoms with Crippen molar-refractivity contribution < 1.29 is 19.1 Å². The lowest BCUT2D eigenvalue weighted by Crippen LogP contribution is -2.33. The van der Waals surface area contributed by atoms with Gasteiger partial charge in [0.2, 0.25) is 0 Å². The van der Waals surface area contributed by atoms with E-state index >= 15 is 0 Å². The third-order valence-electron chi connectivity index (χ3n) is 3.48. The fraction of sp³-hybridized carbons (Fsp3) is 0.643. The Kier molecular flexibility index (Phi) is 5.27. The largest absolute Gasteiger partial charge is 0.465 e. The van der Waals surface area contributed by atoms with Crippen LogP contribution in [0.2, 0.25) is 0 Å². The third kappa shape index (κ3) is 3.43. The summed E-state index contributed by atoms with van der Waals surface area (Å²) in [5.74, 6) is -0.820. The Hall–Kier alpha value is -1.65. The molecule has 1 heterocycles. The summed E-state index contributed by atoms with van der Waals surface area (Å²) in [6.45, 7) is 7.56. The van der Waals surface area contributed by atoms with Gasteiger partial charge in [-0.1, -0.05) is 13.8 Å². The summed E-state index contributed by atoms with van der Waals surface area (Å²) in [4.78, 5) is 36.1. The molecule has 0 saturated carbocycles. The lowest BCUT2D eigenvalue weighted by Gasteiger charge is -2.15. The summed E-state index contributed by atoms with van der Waals surface area (Å²) in [7, 11) is 0. The first-order chi connectivity index (χ1) is 8.90. The number of hydrogen-bond donors (Lipinski definition) is 0. The van der Waals surface area contributed by atoms with E-state index in [1.54, 1.807) is 13.8 Å². The van der Waals surface area contributed by atoms with Crippen molar-refractivity contribution in [2.75, 3.05) is 13.2 Å². The van der Waals surface area contributed by atoms with Crippen LogP contribution in [0.4, 0.5) is 0 Å². The molecule has 0 fully saturated rings. The van der Waals surface area contributed by atoms with Crippen LogP contribution >= 0.6 is 0 Å². The Morgan fingerprint density at radius 3 is 2.21 bits per heavy atom. The number of rotatable bonds is 6. The van der Waals surface area contributed by atoms with Crippen molar-refractivity contribution in [3.8, 4) is 0 Å². The molecule has 1 aliphatic heterocycles. The molecule has 19 heavy (non-hydrogen) atoms. The van der Waals surface area contributed by atoms with Gasteiger partial charge in [-0.05, 0) is 26.7 Å². The smallest absolute Gasteiger partial charge is 0.308 e. The van der Waals surface area contributed by atoms with E-state index in [1.807, 2.05) is 13.8 Å². The Bertz CT molecular complexity index is 401. The molecule has 0 spiro atoms. The van der Waals surface area contributed by atoms with Gasteiger partial charge < -0.3 is 4.74 Å². The Labute approximate surface area is 113 Å². The molecule has 1 unspecified atom stereocenters. The van der Waals surface area contributed by atoms with Gasteiger partial charge in [-0.25, -0.2) is 0 Å². The maximum Gasteiger partial charge on any atom is 0.308 e. The summed E-state index contributed by atoms with van der Waals surface area (Å²) in [5, 5.41) is 0. The summed E-state index contributed by atoms with van der Waals surface area (Å²) in [6.07, 6.45) is 1.21. The van der Waals surface area contributed by atoms with Crippen molar-refractivity contribution in [2.45, 2.75) is 40.5 Å². The molecule has 0 aromatic heterocycles. The summed E-state index contributed by atoms with van der Waals surface area (Å²) >= 11 is 0. The number of imide groups is 1. The molecule has 1 atom stereocenters. The van der Waals surface area contributed by atoms with E-state index in [0.29, 0.717) is 24.1 Å². The highest BCUT2D eigenvalue weighted by Gasteiger charge is 2.32. The fourth-order valence-corrected chi connectivity index (χ4v) is 1.73. The fourth-order valence-electron chi connectivity index (χ4n) is 1.73. The van der Waals surface area contributed by atoms with Gasteiger partial charge in [-0.15, -0.1) is 0 Å². The van der Waals surface area contributed by atoms with E-state index in [0.717, 1.165) is 6.42 Å². The molecule has 2 amide bonds. The van der Waals surface area contributed by atoms with E-state index in [2.05, 4.69) is 0 Å². The second-order valence-electron chi connectivity index (χ2n) is 4.84. The van der Waals surface area contributed by atoms with Crippen molar-refractivity contribution in [1.82, 2.24) is 4.90 Å². The van der Waals surface area contributed by atoms with Gasteiger partial charge in [0.05, 0.1) is 12.5 Å². The van der Waals surface area contributed by atoms with E-state index < -0.39 is 0 Å². The monoisotopic (exact) mass is 267 g/mol.